The van der Waals surface area contributed by atoms with Crippen LogP contribution in [0.3, 0.4) is 0 Å². The third-order valence-electron chi connectivity index (χ3n) is 1.74. The van der Waals surface area contributed by atoms with E-state index in [1.165, 1.54) is 0 Å². The van der Waals surface area contributed by atoms with Crippen molar-refractivity contribution in [2.75, 3.05) is 7.11 Å². The third-order valence-corrected chi connectivity index (χ3v) is 1.74. The summed E-state index contributed by atoms with van der Waals surface area (Å²) < 4.78 is 17.2. The second kappa shape index (κ2) is 4.94. The van der Waals surface area contributed by atoms with Crippen LogP contribution in [0.2, 0.25) is 0 Å². The lowest BCUT2D eigenvalue weighted by Crippen LogP contribution is -1.96. The molecule has 0 fully saturated rings. The minimum Gasteiger partial charge on any atom is -0.501 e. The van der Waals surface area contributed by atoms with Crippen LogP contribution in [0, 0.1) is 27.8 Å². The van der Waals surface area contributed by atoms with Gasteiger partial charge in [0.2, 0.25) is 5.75 Å². The van der Waals surface area contributed by atoms with Gasteiger partial charge in [-0.15, -0.1) is 0 Å². The quantitative estimate of drug-likeness (QED) is 0.341. The zero-order chi connectivity index (χ0) is 13.0. The summed E-state index contributed by atoms with van der Waals surface area (Å²) in [6.45, 7) is 0. The van der Waals surface area contributed by atoms with Crippen LogP contribution in [-0.2, 0) is 9.53 Å². The van der Waals surface area contributed by atoms with Gasteiger partial charge in [-0.3, -0.25) is 10.1 Å². The molecule has 0 saturated carbocycles. The van der Waals surface area contributed by atoms with E-state index >= 15 is 0 Å². The van der Waals surface area contributed by atoms with Crippen molar-refractivity contribution in [3.05, 3.63) is 33.6 Å². The van der Waals surface area contributed by atoms with Crippen LogP contribution in [0.1, 0.15) is 5.56 Å². The summed E-state index contributed by atoms with van der Waals surface area (Å²) in [5, 5.41) is 19.9. The molecular formula is C10H6FNO5. The Morgan fingerprint density at radius 3 is 2.76 bits per heavy atom. The summed E-state index contributed by atoms with van der Waals surface area (Å²) in [7, 11) is 1.09. The van der Waals surface area contributed by atoms with Gasteiger partial charge < -0.3 is 9.84 Å². The number of phenolic OH excluding ortho intramolecular Hbond substituents is 1. The van der Waals surface area contributed by atoms with Crippen molar-refractivity contribution in [3.63, 3.8) is 0 Å². The number of methoxy groups -OCH3 is 1. The Bertz CT molecular complexity index is 544. The molecule has 0 bridgehead atoms. The number of nitro groups is 1. The Morgan fingerprint density at radius 2 is 2.24 bits per heavy atom. The van der Waals surface area contributed by atoms with Crippen LogP contribution < -0.4 is 0 Å². The standard InChI is InChI=1S/C10H6FNO5/c1-17-9(13)3-2-6-4-7(11)5-8(10(6)14)12(15)16/h4-5,14H,1H3. The Balaban J connectivity index is 3.28. The van der Waals surface area contributed by atoms with Crippen molar-refractivity contribution in [2.45, 2.75) is 0 Å². The third kappa shape index (κ3) is 2.92. The van der Waals surface area contributed by atoms with Gasteiger partial charge in [0.05, 0.1) is 23.7 Å². The average Bonchev–Trinajstić information content (AvgIpc) is 2.28. The molecule has 1 rings (SSSR count). The van der Waals surface area contributed by atoms with E-state index in [0.29, 0.717) is 6.07 Å². The molecule has 0 saturated heterocycles. The number of nitro benzene ring substituents is 1. The molecule has 0 atom stereocenters. The van der Waals surface area contributed by atoms with E-state index < -0.39 is 28.1 Å². The summed E-state index contributed by atoms with van der Waals surface area (Å²) in [6, 6.07) is 1.33. The monoisotopic (exact) mass is 239 g/mol. The molecule has 1 aromatic rings. The van der Waals surface area contributed by atoms with E-state index in [1.54, 1.807) is 0 Å². The number of aromatic hydroxyl groups is 1. The van der Waals surface area contributed by atoms with Gasteiger partial charge in [0.25, 0.3) is 0 Å². The summed E-state index contributed by atoms with van der Waals surface area (Å²) >= 11 is 0. The summed E-state index contributed by atoms with van der Waals surface area (Å²) in [5.74, 6) is 1.36. The van der Waals surface area contributed by atoms with E-state index in [2.05, 4.69) is 10.7 Å². The lowest BCUT2D eigenvalue weighted by Gasteiger charge is -1.98. The molecular weight excluding hydrogens is 233 g/mol. The normalized spacial score (nSPS) is 9.06. The van der Waals surface area contributed by atoms with Crippen molar-refractivity contribution < 1.29 is 24.0 Å². The number of carbonyl (C=O) groups excluding carboxylic acids is 1. The van der Waals surface area contributed by atoms with Gasteiger partial charge in [-0.25, -0.2) is 9.18 Å². The van der Waals surface area contributed by atoms with E-state index in [-0.39, 0.29) is 5.56 Å². The first-order valence-corrected chi connectivity index (χ1v) is 4.22. The van der Waals surface area contributed by atoms with Crippen molar-refractivity contribution in [2.24, 2.45) is 0 Å². The van der Waals surface area contributed by atoms with E-state index in [9.17, 15) is 24.4 Å². The first kappa shape index (κ1) is 12.4. The molecule has 0 radical (unpaired) electrons. The average molecular weight is 239 g/mol. The molecule has 0 amide bonds. The first-order valence-electron chi connectivity index (χ1n) is 4.22. The first-order chi connectivity index (χ1) is 7.95. The molecule has 0 aliphatic heterocycles. The number of esters is 1. The van der Waals surface area contributed by atoms with Crippen LogP contribution in [-0.4, -0.2) is 23.1 Å². The molecule has 0 aliphatic rings. The largest absolute Gasteiger partial charge is 0.501 e. The Kier molecular flexibility index (Phi) is 3.62. The number of carbonyl (C=O) groups is 1. The van der Waals surface area contributed by atoms with Gasteiger partial charge in [0.15, 0.2) is 0 Å². The minimum atomic E-state index is -0.957. The van der Waals surface area contributed by atoms with Crippen LogP contribution >= 0.6 is 0 Å². The van der Waals surface area contributed by atoms with Gasteiger partial charge in [-0.2, -0.15) is 0 Å². The van der Waals surface area contributed by atoms with E-state index in [1.807, 2.05) is 5.92 Å². The number of nitrogens with zero attached hydrogens (tertiary/aromatic N) is 1. The van der Waals surface area contributed by atoms with Crippen LogP contribution in [0.5, 0.6) is 5.75 Å². The van der Waals surface area contributed by atoms with Crippen molar-refractivity contribution in [1.82, 2.24) is 0 Å². The SMILES string of the molecule is COC(=O)C#Cc1cc(F)cc([N+](=O)[O-])c1O. The molecule has 0 aromatic heterocycles. The molecule has 1 N–H and O–H groups in total. The highest BCUT2D eigenvalue weighted by Gasteiger charge is 2.18. The van der Waals surface area contributed by atoms with E-state index in [0.717, 1.165) is 13.2 Å². The summed E-state index contributed by atoms with van der Waals surface area (Å²) in [6.07, 6.45) is 0. The maximum atomic E-state index is 13.0. The van der Waals surface area contributed by atoms with Gasteiger partial charge >= 0.3 is 11.7 Å². The number of ether oxygens (including phenoxy) is 1. The lowest BCUT2D eigenvalue weighted by atomic mass is 10.1. The highest BCUT2D eigenvalue weighted by molar-refractivity contribution is 5.89. The molecule has 1 aromatic carbocycles. The van der Waals surface area contributed by atoms with Crippen molar-refractivity contribution >= 4 is 11.7 Å². The summed E-state index contributed by atoms with van der Waals surface area (Å²) in [5.41, 5.74) is -1.18. The second-order valence-corrected chi connectivity index (χ2v) is 2.82. The maximum absolute atomic E-state index is 13.0. The molecule has 6 nitrogen and oxygen atoms in total. The Labute approximate surface area is 94.8 Å². The van der Waals surface area contributed by atoms with Crippen molar-refractivity contribution in [1.29, 1.82) is 0 Å². The Hall–Kier alpha value is -2.62. The predicted molar refractivity (Wildman–Crippen MR) is 53.6 cm³/mol. The fourth-order valence-electron chi connectivity index (χ4n) is 0.989. The van der Waals surface area contributed by atoms with Gasteiger partial charge in [-0.05, 0) is 6.07 Å². The fraction of sp³-hybridized carbons (Fsp3) is 0.100. The number of halogens is 1. The van der Waals surface area contributed by atoms with Crippen LogP contribution in [0.4, 0.5) is 10.1 Å². The summed E-state index contributed by atoms with van der Waals surface area (Å²) in [4.78, 5) is 20.2. The zero-order valence-electron chi connectivity index (χ0n) is 8.56. The minimum absolute atomic E-state index is 0.359. The smallest absolute Gasteiger partial charge is 0.384 e. The Morgan fingerprint density at radius 1 is 1.59 bits per heavy atom. The molecule has 0 spiro atoms. The van der Waals surface area contributed by atoms with Crippen molar-refractivity contribution in [3.8, 4) is 17.6 Å². The highest BCUT2D eigenvalue weighted by atomic mass is 19.1. The molecule has 0 aliphatic carbocycles. The molecule has 7 heteroatoms. The second-order valence-electron chi connectivity index (χ2n) is 2.82. The van der Waals surface area contributed by atoms with Crippen LogP contribution in [0.25, 0.3) is 0 Å². The van der Waals surface area contributed by atoms with Gasteiger partial charge in [0, 0.05) is 5.92 Å². The molecule has 0 heterocycles. The number of phenols is 1. The zero-order valence-corrected chi connectivity index (χ0v) is 8.56. The molecule has 17 heavy (non-hydrogen) atoms. The van der Waals surface area contributed by atoms with Gasteiger partial charge in [0.1, 0.15) is 5.82 Å². The van der Waals surface area contributed by atoms with Crippen LogP contribution in [0.15, 0.2) is 12.1 Å². The lowest BCUT2D eigenvalue weighted by molar-refractivity contribution is -0.386. The number of hydrogen-bond acceptors (Lipinski definition) is 5. The maximum Gasteiger partial charge on any atom is 0.384 e. The predicted octanol–water partition coefficient (Wildman–Crippen LogP) is 0.964. The topological polar surface area (TPSA) is 89.7 Å². The number of hydrogen-bond donors (Lipinski definition) is 1. The van der Waals surface area contributed by atoms with Gasteiger partial charge in [-0.1, -0.05) is 5.92 Å². The number of benzene rings is 1. The van der Waals surface area contributed by atoms with E-state index in [4.69, 9.17) is 0 Å². The molecule has 0 unspecified atom stereocenters. The molecule has 88 valence electrons. The number of rotatable bonds is 1. The fourth-order valence-corrected chi connectivity index (χ4v) is 0.989. The highest BCUT2D eigenvalue weighted by Crippen LogP contribution is 2.30.